The minimum Gasteiger partial charge on any atom is -0.462 e. The van der Waals surface area contributed by atoms with Crippen LogP contribution in [0.2, 0.25) is 0 Å². The van der Waals surface area contributed by atoms with Crippen LogP contribution in [0.15, 0.2) is 0 Å². The standard InChI is InChI=1S/C82H160O17P2/c1-7-10-12-14-16-18-20-21-22-23-24-25-26-27-28-33-37-41-48-54-60-66-81(86)98-77(70-93-80(85)65-59-53-47-40-36-32-30-29-31-35-38-45-51-57-63-75(6)9-3)72-96-100(88,89)94-68-76(83)69-95-101(90,91)97-73-78(99-82(87)67-61-55-49-43-42-44-50-56-62-74(4)5)71-92-79(84)64-58-52-46-39-34-19-17-15-13-11-8-2/h74-78,83H,7-73H2,1-6H3,(H,88,89)(H,90,91)/t75?,76-,77-,78-/m1/s1. The Morgan fingerprint density at radius 1 is 0.287 bits per heavy atom. The molecule has 0 aliphatic heterocycles. The number of esters is 4. The van der Waals surface area contributed by atoms with Crippen molar-refractivity contribution in [1.82, 2.24) is 0 Å². The van der Waals surface area contributed by atoms with Crippen LogP contribution in [0, 0.1) is 11.8 Å². The van der Waals surface area contributed by atoms with E-state index in [-0.39, 0.29) is 25.7 Å². The summed E-state index contributed by atoms with van der Waals surface area (Å²) in [5.74, 6) is -0.541. The van der Waals surface area contributed by atoms with Crippen LogP contribution in [-0.4, -0.2) is 96.7 Å². The largest absolute Gasteiger partial charge is 0.472 e. The van der Waals surface area contributed by atoms with Crippen molar-refractivity contribution in [1.29, 1.82) is 0 Å². The van der Waals surface area contributed by atoms with Crippen molar-refractivity contribution in [3.05, 3.63) is 0 Å². The number of carbonyl (C=O) groups is 4. The van der Waals surface area contributed by atoms with Gasteiger partial charge in [0.2, 0.25) is 0 Å². The number of ether oxygens (including phenoxy) is 4. The minimum absolute atomic E-state index is 0.105. The van der Waals surface area contributed by atoms with E-state index in [1.807, 2.05) is 0 Å². The highest BCUT2D eigenvalue weighted by molar-refractivity contribution is 7.47. The van der Waals surface area contributed by atoms with E-state index in [1.54, 1.807) is 0 Å². The maximum Gasteiger partial charge on any atom is 0.472 e. The van der Waals surface area contributed by atoms with E-state index in [9.17, 15) is 43.2 Å². The van der Waals surface area contributed by atoms with Crippen LogP contribution >= 0.6 is 15.6 Å². The summed E-state index contributed by atoms with van der Waals surface area (Å²) in [5.41, 5.74) is 0. The lowest BCUT2D eigenvalue weighted by molar-refractivity contribution is -0.161. The Morgan fingerprint density at radius 2 is 0.505 bits per heavy atom. The maximum atomic E-state index is 13.1. The molecule has 0 saturated carbocycles. The Balaban J connectivity index is 5.21. The summed E-state index contributed by atoms with van der Waals surface area (Å²) < 4.78 is 68.7. The molecular formula is C82H160O17P2. The van der Waals surface area contributed by atoms with E-state index in [2.05, 4.69) is 41.5 Å². The molecule has 0 aliphatic carbocycles. The average molecular weight is 1480 g/mol. The van der Waals surface area contributed by atoms with E-state index in [0.29, 0.717) is 25.7 Å². The number of aliphatic hydroxyl groups excluding tert-OH is 1. The zero-order valence-corrected chi connectivity index (χ0v) is 68.0. The Morgan fingerprint density at radius 3 is 0.752 bits per heavy atom. The summed E-state index contributed by atoms with van der Waals surface area (Å²) in [7, 11) is -9.92. The second-order valence-electron chi connectivity index (χ2n) is 30.2. The van der Waals surface area contributed by atoms with Crippen molar-refractivity contribution in [2.24, 2.45) is 11.8 Å². The number of hydrogen-bond acceptors (Lipinski definition) is 15. The van der Waals surface area contributed by atoms with Crippen LogP contribution in [-0.2, 0) is 65.4 Å². The summed E-state index contributed by atoms with van der Waals surface area (Å²) in [4.78, 5) is 73.0. The molecule has 3 N–H and O–H groups in total. The molecule has 0 amide bonds. The smallest absolute Gasteiger partial charge is 0.462 e. The van der Waals surface area contributed by atoms with E-state index in [0.717, 1.165) is 102 Å². The molecule has 0 rings (SSSR count). The molecule has 0 aromatic carbocycles. The van der Waals surface area contributed by atoms with Crippen LogP contribution in [0.25, 0.3) is 0 Å². The van der Waals surface area contributed by atoms with Gasteiger partial charge in [-0.3, -0.25) is 37.3 Å². The van der Waals surface area contributed by atoms with Gasteiger partial charge in [0.25, 0.3) is 0 Å². The van der Waals surface area contributed by atoms with Crippen molar-refractivity contribution in [2.75, 3.05) is 39.6 Å². The first-order chi connectivity index (χ1) is 48.9. The van der Waals surface area contributed by atoms with Crippen molar-refractivity contribution in [3.63, 3.8) is 0 Å². The van der Waals surface area contributed by atoms with Crippen LogP contribution < -0.4 is 0 Å². The normalized spacial score (nSPS) is 14.2. The highest BCUT2D eigenvalue weighted by Gasteiger charge is 2.30. The summed E-state index contributed by atoms with van der Waals surface area (Å²) in [6.45, 7) is 9.65. The summed E-state index contributed by atoms with van der Waals surface area (Å²) >= 11 is 0. The van der Waals surface area contributed by atoms with Crippen molar-refractivity contribution in [2.45, 2.75) is 452 Å². The average Bonchev–Trinajstić information content (AvgIpc) is 1.02. The molecule has 0 bridgehead atoms. The second-order valence-corrected chi connectivity index (χ2v) is 33.1. The Bertz CT molecular complexity index is 1940. The van der Waals surface area contributed by atoms with E-state index in [1.165, 1.54) is 250 Å². The van der Waals surface area contributed by atoms with Crippen molar-refractivity contribution < 1.29 is 80.2 Å². The Labute approximate surface area is 619 Å². The molecule has 0 spiro atoms. The zero-order chi connectivity index (χ0) is 74.2. The van der Waals surface area contributed by atoms with Gasteiger partial charge in [-0.15, -0.1) is 0 Å². The van der Waals surface area contributed by atoms with Crippen LogP contribution in [0.4, 0.5) is 0 Å². The lowest BCUT2D eigenvalue weighted by Gasteiger charge is -2.21. The third-order valence-corrected chi connectivity index (χ3v) is 21.5. The third-order valence-electron chi connectivity index (χ3n) is 19.6. The van der Waals surface area contributed by atoms with Gasteiger partial charge in [0, 0.05) is 25.7 Å². The summed E-state index contributed by atoms with van der Waals surface area (Å²) in [5, 5.41) is 10.6. The molecule has 600 valence electrons. The number of aliphatic hydroxyl groups is 1. The number of carbonyl (C=O) groups excluding carboxylic acids is 4. The number of hydrogen-bond donors (Lipinski definition) is 3. The van der Waals surface area contributed by atoms with Gasteiger partial charge in [-0.2, -0.15) is 0 Å². The molecule has 0 aliphatic rings. The molecule has 0 saturated heterocycles. The molecule has 6 atom stereocenters. The fraction of sp³-hybridized carbons (Fsp3) is 0.951. The van der Waals surface area contributed by atoms with Crippen LogP contribution in [0.1, 0.15) is 433 Å². The Hall–Kier alpha value is -1.94. The molecule has 101 heavy (non-hydrogen) atoms. The van der Waals surface area contributed by atoms with Gasteiger partial charge < -0.3 is 33.8 Å². The SMILES string of the molecule is CCCCCCCCCCCCCCCCCCCCCCCC(=O)O[C@H](COC(=O)CCCCCCCCCCCCCCCCC(C)CC)COP(=O)(O)OC[C@@H](O)COP(=O)(O)OC[C@@H](COC(=O)CCCCCCCCCCCCC)OC(=O)CCCCCCCCCCC(C)C. The number of phosphoric ester groups is 2. The molecule has 19 heteroatoms. The minimum atomic E-state index is -4.96. The monoisotopic (exact) mass is 1480 g/mol. The zero-order valence-electron chi connectivity index (χ0n) is 66.2. The van der Waals surface area contributed by atoms with E-state index < -0.39 is 97.5 Å². The molecule has 0 radical (unpaired) electrons. The number of unbranched alkanes of at least 4 members (excludes halogenated alkanes) is 50. The maximum absolute atomic E-state index is 13.1. The van der Waals surface area contributed by atoms with Gasteiger partial charge in [0.15, 0.2) is 12.2 Å². The first-order valence-corrected chi connectivity index (χ1v) is 45.5. The van der Waals surface area contributed by atoms with Crippen LogP contribution in [0.5, 0.6) is 0 Å². The topological polar surface area (TPSA) is 237 Å². The highest BCUT2D eigenvalue weighted by atomic mass is 31.2. The number of rotatable bonds is 81. The second kappa shape index (κ2) is 73.6. The predicted octanol–water partition coefficient (Wildman–Crippen LogP) is 24.7. The van der Waals surface area contributed by atoms with Crippen molar-refractivity contribution >= 4 is 39.5 Å². The molecule has 17 nitrogen and oxygen atoms in total. The molecule has 3 unspecified atom stereocenters. The molecule has 0 aromatic rings. The molecule has 0 heterocycles. The fourth-order valence-corrected chi connectivity index (χ4v) is 14.3. The molecule has 0 aromatic heterocycles. The van der Waals surface area contributed by atoms with Gasteiger partial charge >= 0.3 is 39.5 Å². The van der Waals surface area contributed by atoms with Gasteiger partial charge in [-0.05, 0) is 37.5 Å². The first-order valence-electron chi connectivity index (χ1n) is 42.5. The van der Waals surface area contributed by atoms with Gasteiger partial charge in [0.05, 0.1) is 26.4 Å². The van der Waals surface area contributed by atoms with Crippen LogP contribution in [0.3, 0.4) is 0 Å². The first kappa shape index (κ1) is 99.1. The van der Waals surface area contributed by atoms with Crippen molar-refractivity contribution in [3.8, 4) is 0 Å². The van der Waals surface area contributed by atoms with Gasteiger partial charge in [-0.1, -0.05) is 382 Å². The lowest BCUT2D eigenvalue weighted by Crippen LogP contribution is -2.30. The number of phosphoric acid groups is 2. The summed E-state index contributed by atoms with van der Waals surface area (Å²) in [6.07, 6.45) is 63.9. The molecule has 0 fully saturated rings. The van der Waals surface area contributed by atoms with Gasteiger partial charge in [-0.25, -0.2) is 9.13 Å². The third kappa shape index (κ3) is 74.7. The van der Waals surface area contributed by atoms with E-state index in [4.69, 9.17) is 37.0 Å². The molecular weight excluding hydrogens is 1320 g/mol. The lowest BCUT2D eigenvalue weighted by atomic mass is 9.99. The summed E-state index contributed by atoms with van der Waals surface area (Å²) in [6, 6.07) is 0. The highest BCUT2D eigenvalue weighted by Crippen LogP contribution is 2.45. The van der Waals surface area contributed by atoms with E-state index >= 15 is 0 Å². The quantitative estimate of drug-likeness (QED) is 0.0222. The Kier molecular flexibility index (Phi) is 72.2. The fourth-order valence-electron chi connectivity index (χ4n) is 12.7. The predicted molar refractivity (Wildman–Crippen MR) is 414 cm³/mol. The van der Waals surface area contributed by atoms with Gasteiger partial charge in [0.1, 0.15) is 19.3 Å².